The number of carbonyl (C=O) groups excluding carboxylic acids is 3. The molecule has 0 aromatic rings. The van der Waals surface area contributed by atoms with Gasteiger partial charge in [-0.15, -0.1) is 0 Å². The number of nitrogens with one attached hydrogen (secondary N) is 3. The van der Waals surface area contributed by atoms with Crippen LogP contribution >= 0.6 is 11.8 Å². The molecular formula is C22H44N6O5S. The maximum Gasteiger partial charge on any atom is 0.326 e. The van der Waals surface area contributed by atoms with Crippen LogP contribution in [0.2, 0.25) is 0 Å². The fourth-order valence-corrected chi connectivity index (χ4v) is 3.69. The van der Waals surface area contributed by atoms with Crippen molar-refractivity contribution in [1.29, 1.82) is 0 Å². The molecule has 4 atom stereocenters. The van der Waals surface area contributed by atoms with Gasteiger partial charge in [-0.1, -0.05) is 20.3 Å². The summed E-state index contributed by atoms with van der Waals surface area (Å²) in [6.07, 6.45) is 5.62. The number of amides is 3. The second-order valence-corrected chi connectivity index (χ2v) is 9.63. The normalized spacial score (nSPS) is 14.7. The van der Waals surface area contributed by atoms with Crippen molar-refractivity contribution in [3.8, 4) is 0 Å². The zero-order chi connectivity index (χ0) is 26.1. The van der Waals surface area contributed by atoms with Crippen LogP contribution in [0.5, 0.6) is 0 Å². The third-order valence-corrected chi connectivity index (χ3v) is 6.00. The first-order valence-electron chi connectivity index (χ1n) is 11.9. The van der Waals surface area contributed by atoms with E-state index in [-0.39, 0.29) is 12.3 Å². The molecule has 0 bridgehead atoms. The van der Waals surface area contributed by atoms with Gasteiger partial charge in [-0.25, -0.2) is 4.79 Å². The molecule has 34 heavy (non-hydrogen) atoms. The number of thioether (sulfide) groups is 1. The maximum absolute atomic E-state index is 13.1. The average molecular weight is 505 g/mol. The van der Waals surface area contributed by atoms with Crippen molar-refractivity contribution >= 4 is 35.5 Å². The summed E-state index contributed by atoms with van der Waals surface area (Å²) in [4.78, 5) is 49.9. The molecule has 198 valence electrons. The van der Waals surface area contributed by atoms with Crippen LogP contribution in [-0.2, 0) is 19.2 Å². The third kappa shape index (κ3) is 13.1. The molecule has 0 aliphatic rings. The highest BCUT2D eigenvalue weighted by Crippen LogP contribution is 2.09. The van der Waals surface area contributed by atoms with Crippen molar-refractivity contribution in [2.24, 2.45) is 23.1 Å². The molecule has 0 radical (unpaired) electrons. The maximum atomic E-state index is 13.1. The van der Waals surface area contributed by atoms with Gasteiger partial charge in [0.25, 0.3) is 0 Å². The van der Waals surface area contributed by atoms with Crippen molar-refractivity contribution in [1.82, 2.24) is 16.0 Å². The van der Waals surface area contributed by atoms with Crippen molar-refractivity contribution in [2.75, 3.05) is 25.1 Å². The predicted molar refractivity (Wildman–Crippen MR) is 135 cm³/mol. The van der Waals surface area contributed by atoms with Crippen LogP contribution in [0.15, 0.2) is 0 Å². The minimum atomic E-state index is -1.13. The number of hydrogen-bond acceptors (Lipinski definition) is 8. The van der Waals surface area contributed by atoms with E-state index in [0.29, 0.717) is 50.9 Å². The standard InChI is InChI=1S/C22H44N6O5S/c1-14(2)18(21(31)27-17(22(32)33)10-13-34-3)28-20(30)16(9-5-7-12-24)26-19(29)15(25)8-4-6-11-23/h14-18H,4-13,23-25H2,1-3H3,(H,26,29)(H,27,31)(H,28,30)(H,32,33). The first kappa shape index (κ1) is 32.1. The summed E-state index contributed by atoms with van der Waals surface area (Å²) in [5.74, 6) is -2.42. The molecule has 10 N–H and O–H groups in total. The topological polar surface area (TPSA) is 203 Å². The van der Waals surface area contributed by atoms with E-state index in [1.54, 1.807) is 13.8 Å². The van der Waals surface area contributed by atoms with E-state index in [1.807, 2.05) is 6.26 Å². The number of unbranched alkanes of at least 4 members (excludes halogenated alkanes) is 2. The number of nitrogens with two attached hydrogens (primary N) is 3. The lowest BCUT2D eigenvalue weighted by Gasteiger charge is -2.27. The van der Waals surface area contributed by atoms with Gasteiger partial charge in [0.2, 0.25) is 17.7 Å². The summed E-state index contributed by atoms with van der Waals surface area (Å²) < 4.78 is 0. The average Bonchev–Trinajstić information content (AvgIpc) is 2.78. The zero-order valence-corrected chi connectivity index (χ0v) is 21.5. The van der Waals surface area contributed by atoms with Gasteiger partial charge >= 0.3 is 5.97 Å². The van der Waals surface area contributed by atoms with Crippen molar-refractivity contribution in [3.63, 3.8) is 0 Å². The Labute approximate surface area is 207 Å². The van der Waals surface area contributed by atoms with Gasteiger partial charge in [0.1, 0.15) is 18.1 Å². The quantitative estimate of drug-likeness (QED) is 0.113. The van der Waals surface area contributed by atoms with E-state index in [1.165, 1.54) is 11.8 Å². The second-order valence-electron chi connectivity index (χ2n) is 8.65. The molecule has 0 heterocycles. The van der Waals surface area contributed by atoms with Crippen molar-refractivity contribution in [3.05, 3.63) is 0 Å². The fraction of sp³-hybridized carbons (Fsp3) is 0.818. The first-order chi connectivity index (χ1) is 16.1. The molecule has 0 fully saturated rings. The summed E-state index contributed by atoms with van der Waals surface area (Å²) in [6, 6.07) is -3.67. The van der Waals surface area contributed by atoms with Crippen LogP contribution in [0, 0.1) is 5.92 Å². The summed E-state index contributed by atoms with van der Waals surface area (Å²) in [5.41, 5.74) is 17.0. The largest absolute Gasteiger partial charge is 0.480 e. The monoisotopic (exact) mass is 504 g/mol. The van der Waals surface area contributed by atoms with Gasteiger partial charge in [0.05, 0.1) is 6.04 Å². The third-order valence-electron chi connectivity index (χ3n) is 5.36. The van der Waals surface area contributed by atoms with E-state index in [4.69, 9.17) is 17.2 Å². The predicted octanol–water partition coefficient (Wildman–Crippen LogP) is -0.480. The molecule has 4 unspecified atom stereocenters. The lowest BCUT2D eigenvalue weighted by molar-refractivity contribution is -0.142. The van der Waals surface area contributed by atoms with Crippen LogP contribution in [0.1, 0.15) is 58.8 Å². The van der Waals surface area contributed by atoms with Gasteiger partial charge in [-0.2, -0.15) is 11.8 Å². The molecule has 0 saturated carbocycles. The smallest absolute Gasteiger partial charge is 0.326 e. The summed E-state index contributed by atoms with van der Waals surface area (Å²) in [6.45, 7) is 4.46. The van der Waals surface area contributed by atoms with E-state index in [2.05, 4.69) is 16.0 Å². The number of carbonyl (C=O) groups is 4. The molecule has 0 aromatic heterocycles. The zero-order valence-electron chi connectivity index (χ0n) is 20.7. The fourth-order valence-electron chi connectivity index (χ4n) is 3.22. The molecule has 12 heteroatoms. The Kier molecular flexibility index (Phi) is 17.4. The SMILES string of the molecule is CSCCC(NC(=O)C(NC(=O)C(CCCCN)NC(=O)C(N)CCCCN)C(C)C)C(=O)O. The molecule has 0 aliphatic carbocycles. The van der Waals surface area contributed by atoms with E-state index < -0.39 is 47.9 Å². The van der Waals surface area contributed by atoms with E-state index >= 15 is 0 Å². The van der Waals surface area contributed by atoms with Crippen LogP contribution < -0.4 is 33.2 Å². The van der Waals surface area contributed by atoms with Crippen LogP contribution in [0.3, 0.4) is 0 Å². The van der Waals surface area contributed by atoms with Crippen LogP contribution in [-0.4, -0.2) is 78.1 Å². The number of aliphatic carboxylic acids is 1. The Morgan fingerprint density at radius 3 is 1.85 bits per heavy atom. The van der Waals surface area contributed by atoms with Gasteiger partial charge < -0.3 is 38.3 Å². The van der Waals surface area contributed by atoms with Crippen LogP contribution in [0.4, 0.5) is 0 Å². The summed E-state index contributed by atoms with van der Waals surface area (Å²) in [7, 11) is 0. The number of rotatable bonds is 19. The van der Waals surface area contributed by atoms with E-state index in [0.717, 1.165) is 6.42 Å². The van der Waals surface area contributed by atoms with Crippen molar-refractivity contribution in [2.45, 2.75) is 83.0 Å². The number of hydrogen-bond donors (Lipinski definition) is 7. The highest BCUT2D eigenvalue weighted by Gasteiger charge is 2.31. The number of carboxylic acids is 1. The van der Waals surface area contributed by atoms with Crippen molar-refractivity contribution < 1.29 is 24.3 Å². The molecule has 11 nitrogen and oxygen atoms in total. The molecule has 0 rings (SSSR count). The van der Waals surface area contributed by atoms with Gasteiger partial charge in [0.15, 0.2) is 0 Å². The second kappa shape index (κ2) is 18.4. The Morgan fingerprint density at radius 2 is 1.35 bits per heavy atom. The molecule has 0 aromatic carbocycles. The van der Waals surface area contributed by atoms with Gasteiger partial charge in [-0.05, 0) is 69.5 Å². The highest BCUT2D eigenvalue weighted by molar-refractivity contribution is 7.98. The molecule has 0 aliphatic heterocycles. The van der Waals surface area contributed by atoms with Gasteiger partial charge in [0, 0.05) is 0 Å². The Balaban J connectivity index is 5.31. The van der Waals surface area contributed by atoms with Crippen LogP contribution in [0.25, 0.3) is 0 Å². The molecule has 0 saturated heterocycles. The van der Waals surface area contributed by atoms with Gasteiger partial charge in [-0.3, -0.25) is 14.4 Å². The minimum Gasteiger partial charge on any atom is -0.480 e. The molecular weight excluding hydrogens is 460 g/mol. The molecule has 3 amide bonds. The minimum absolute atomic E-state index is 0.265. The lowest BCUT2D eigenvalue weighted by atomic mass is 10.0. The summed E-state index contributed by atoms with van der Waals surface area (Å²) >= 11 is 1.48. The van der Waals surface area contributed by atoms with E-state index in [9.17, 15) is 24.3 Å². The number of carboxylic acid groups (broad SMARTS) is 1. The Bertz CT molecular complexity index is 637. The summed E-state index contributed by atoms with van der Waals surface area (Å²) in [5, 5.41) is 17.3. The molecule has 0 spiro atoms. The Hall–Kier alpha value is -1.89. The highest BCUT2D eigenvalue weighted by atomic mass is 32.2. The lowest BCUT2D eigenvalue weighted by Crippen LogP contribution is -2.58. The first-order valence-corrected chi connectivity index (χ1v) is 13.3. The Morgan fingerprint density at radius 1 is 0.794 bits per heavy atom.